The van der Waals surface area contributed by atoms with E-state index in [-0.39, 0.29) is 0 Å². The maximum atomic E-state index is 6.40. The fourth-order valence-electron chi connectivity index (χ4n) is 3.70. The normalized spacial score (nSPS) is 15.4. The van der Waals surface area contributed by atoms with Gasteiger partial charge in [-0.3, -0.25) is 4.98 Å². The summed E-state index contributed by atoms with van der Waals surface area (Å²) in [7, 11) is 1.70. The van der Waals surface area contributed by atoms with Crippen LogP contribution in [-0.4, -0.2) is 57.9 Å². The van der Waals surface area contributed by atoms with Crippen LogP contribution in [0.1, 0.15) is 0 Å². The molecule has 0 unspecified atom stereocenters. The van der Waals surface area contributed by atoms with Crippen molar-refractivity contribution in [2.45, 2.75) is 0 Å². The lowest BCUT2D eigenvalue weighted by Gasteiger charge is -2.34. The lowest BCUT2D eigenvalue weighted by molar-refractivity contribution is -0.133. The maximum Gasteiger partial charge on any atom is 0.167 e. The molecule has 0 amide bonds. The molecule has 4 heterocycles. The molecule has 0 aliphatic carbocycles. The third-order valence-electron chi connectivity index (χ3n) is 5.30. The van der Waals surface area contributed by atoms with Crippen LogP contribution in [0.5, 0.6) is 0 Å². The second-order valence-electron chi connectivity index (χ2n) is 6.94. The highest BCUT2D eigenvalue weighted by atomic mass is 79.9. The first kappa shape index (κ1) is 18.3. The van der Waals surface area contributed by atoms with Gasteiger partial charge in [-0.2, -0.15) is 14.7 Å². The second-order valence-corrected chi connectivity index (χ2v) is 7.74. The summed E-state index contributed by atoms with van der Waals surface area (Å²) in [6.45, 7) is 3.21. The van der Waals surface area contributed by atoms with E-state index in [4.69, 9.17) is 15.6 Å². The van der Waals surface area contributed by atoms with Crippen LogP contribution in [-0.2, 0) is 4.84 Å². The molecule has 9 heteroatoms. The molecular weight excluding hydrogens is 434 g/mol. The van der Waals surface area contributed by atoms with Gasteiger partial charge in [0.15, 0.2) is 5.65 Å². The van der Waals surface area contributed by atoms with Crippen molar-refractivity contribution >= 4 is 44.1 Å². The molecule has 5 rings (SSSR count). The van der Waals surface area contributed by atoms with Crippen LogP contribution in [0.2, 0.25) is 0 Å². The molecule has 0 spiro atoms. The van der Waals surface area contributed by atoms with E-state index in [9.17, 15) is 0 Å². The van der Waals surface area contributed by atoms with Gasteiger partial charge in [0.2, 0.25) is 0 Å². The highest BCUT2D eigenvalue weighted by molar-refractivity contribution is 9.10. The Morgan fingerprint density at radius 1 is 1.10 bits per heavy atom. The Bertz CT molecular complexity index is 1200. The molecule has 148 valence electrons. The summed E-state index contributed by atoms with van der Waals surface area (Å²) in [6, 6.07) is 10.2. The largest absolute Gasteiger partial charge is 0.383 e. The number of hydrogen-bond acceptors (Lipinski definition) is 7. The number of rotatable bonds is 3. The predicted octanol–water partition coefficient (Wildman–Crippen LogP) is 2.97. The van der Waals surface area contributed by atoms with Crippen LogP contribution in [0.4, 0.5) is 11.6 Å². The molecule has 1 aliphatic heterocycles. The minimum Gasteiger partial charge on any atom is -0.383 e. The van der Waals surface area contributed by atoms with E-state index < -0.39 is 0 Å². The van der Waals surface area contributed by atoms with Crippen molar-refractivity contribution in [2.75, 3.05) is 43.9 Å². The zero-order chi connectivity index (χ0) is 20.0. The number of aromatic nitrogens is 4. The zero-order valence-electron chi connectivity index (χ0n) is 15.9. The molecule has 1 fully saturated rings. The van der Waals surface area contributed by atoms with Crippen LogP contribution in [0.3, 0.4) is 0 Å². The van der Waals surface area contributed by atoms with Crippen LogP contribution in [0.15, 0.2) is 47.2 Å². The summed E-state index contributed by atoms with van der Waals surface area (Å²) >= 11 is 3.62. The molecule has 3 aromatic heterocycles. The number of fused-ring (bicyclic) bond motifs is 2. The summed E-state index contributed by atoms with van der Waals surface area (Å²) in [5.41, 5.74) is 9.93. The van der Waals surface area contributed by atoms with E-state index in [2.05, 4.69) is 43.0 Å². The van der Waals surface area contributed by atoms with Gasteiger partial charge in [0.25, 0.3) is 0 Å². The Labute approximate surface area is 176 Å². The second kappa shape index (κ2) is 7.25. The number of nitrogens with two attached hydrogens (primary N) is 1. The van der Waals surface area contributed by atoms with Crippen molar-refractivity contribution in [1.29, 1.82) is 0 Å². The van der Waals surface area contributed by atoms with Crippen LogP contribution >= 0.6 is 15.9 Å². The summed E-state index contributed by atoms with van der Waals surface area (Å²) in [5, 5.41) is 7.49. The molecule has 0 saturated carbocycles. The lowest BCUT2D eigenvalue weighted by atomic mass is 10.1. The number of pyridine rings is 1. The van der Waals surface area contributed by atoms with Gasteiger partial charge < -0.3 is 15.5 Å². The van der Waals surface area contributed by atoms with Gasteiger partial charge >= 0.3 is 0 Å². The van der Waals surface area contributed by atoms with Crippen LogP contribution in [0, 0.1) is 0 Å². The molecule has 2 N–H and O–H groups in total. The van der Waals surface area contributed by atoms with Gasteiger partial charge in [0.1, 0.15) is 16.1 Å². The fraction of sp³-hybridized carbons (Fsp3) is 0.250. The SMILES string of the molecule is CON1CCN(c2nc3c(-c4cnc5ccccc5c4)cnn3c(N)c2Br)CC1. The third kappa shape index (κ3) is 3.11. The molecule has 0 bridgehead atoms. The average Bonchev–Trinajstić information content (AvgIpc) is 3.20. The van der Waals surface area contributed by atoms with Crippen molar-refractivity contribution in [3.63, 3.8) is 0 Å². The number of anilines is 2. The Morgan fingerprint density at radius 3 is 2.69 bits per heavy atom. The number of para-hydroxylation sites is 1. The molecule has 29 heavy (non-hydrogen) atoms. The summed E-state index contributed by atoms with van der Waals surface area (Å²) < 4.78 is 2.42. The van der Waals surface area contributed by atoms with E-state index in [0.29, 0.717) is 11.5 Å². The first-order valence-corrected chi connectivity index (χ1v) is 10.2. The molecule has 1 saturated heterocycles. The Hall–Kier alpha value is -2.75. The van der Waals surface area contributed by atoms with Crippen molar-refractivity contribution in [1.82, 2.24) is 24.6 Å². The van der Waals surface area contributed by atoms with Gasteiger partial charge in [-0.1, -0.05) is 18.2 Å². The van der Waals surface area contributed by atoms with Crippen molar-refractivity contribution in [2.24, 2.45) is 0 Å². The molecule has 1 aromatic carbocycles. The lowest BCUT2D eigenvalue weighted by Crippen LogP contribution is -2.46. The standard InChI is InChI=1S/C20H20BrN7O/c1-29-27-8-6-26(7-9-27)20-17(21)18(22)28-19(25-20)15(12-24-28)14-10-13-4-2-3-5-16(13)23-11-14/h2-5,10-12H,6-9,22H2,1H3. The van der Waals surface area contributed by atoms with Gasteiger partial charge in [0, 0.05) is 48.9 Å². The number of benzene rings is 1. The number of nitrogen functional groups attached to an aromatic ring is 1. The quantitative estimate of drug-likeness (QED) is 0.510. The van der Waals surface area contributed by atoms with Crippen LogP contribution < -0.4 is 10.6 Å². The van der Waals surface area contributed by atoms with E-state index in [1.165, 1.54) is 0 Å². The van der Waals surface area contributed by atoms with Gasteiger partial charge in [-0.05, 0) is 28.1 Å². The average molecular weight is 454 g/mol. The van der Waals surface area contributed by atoms with Crippen LogP contribution in [0.25, 0.3) is 27.7 Å². The predicted molar refractivity (Wildman–Crippen MR) is 117 cm³/mol. The number of piperazine rings is 1. The number of nitrogens with zero attached hydrogens (tertiary/aromatic N) is 6. The number of hydrogen-bond donors (Lipinski definition) is 1. The smallest absolute Gasteiger partial charge is 0.167 e. The molecular formula is C20H20BrN7O. The first-order chi connectivity index (χ1) is 14.2. The summed E-state index contributed by atoms with van der Waals surface area (Å²) in [5.74, 6) is 1.35. The Balaban J connectivity index is 1.61. The third-order valence-corrected chi connectivity index (χ3v) is 6.06. The minimum atomic E-state index is 0.527. The minimum absolute atomic E-state index is 0.527. The first-order valence-electron chi connectivity index (χ1n) is 9.37. The van der Waals surface area contributed by atoms with E-state index in [0.717, 1.165) is 58.5 Å². The Morgan fingerprint density at radius 2 is 1.90 bits per heavy atom. The zero-order valence-corrected chi connectivity index (χ0v) is 17.5. The van der Waals surface area contributed by atoms with Crippen molar-refractivity contribution in [3.8, 4) is 11.1 Å². The van der Waals surface area contributed by atoms with Gasteiger partial charge in [0.05, 0.1) is 18.8 Å². The maximum absolute atomic E-state index is 6.40. The molecule has 0 radical (unpaired) electrons. The highest BCUT2D eigenvalue weighted by Gasteiger charge is 2.23. The van der Waals surface area contributed by atoms with Gasteiger partial charge in [-0.15, -0.1) is 0 Å². The number of halogens is 1. The molecule has 8 nitrogen and oxygen atoms in total. The molecule has 4 aromatic rings. The Kier molecular flexibility index (Phi) is 4.57. The summed E-state index contributed by atoms with van der Waals surface area (Å²) in [6.07, 6.45) is 3.65. The molecule has 1 aliphatic rings. The van der Waals surface area contributed by atoms with E-state index >= 15 is 0 Å². The topological polar surface area (TPSA) is 84.8 Å². The highest BCUT2D eigenvalue weighted by Crippen LogP contribution is 2.34. The monoisotopic (exact) mass is 453 g/mol. The van der Waals surface area contributed by atoms with E-state index in [1.807, 2.05) is 29.5 Å². The molecule has 0 atom stereocenters. The van der Waals surface area contributed by atoms with Crippen molar-refractivity contribution in [3.05, 3.63) is 47.2 Å². The van der Waals surface area contributed by atoms with Gasteiger partial charge in [-0.25, -0.2) is 4.98 Å². The van der Waals surface area contributed by atoms with E-state index in [1.54, 1.807) is 17.8 Å². The number of hydroxylamine groups is 2. The summed E-state index contributed by atoms with van der Waals surface area (Å²) in [4.78, 5) is 17.1. The van der Waals surface area contributed by atoms with Crippen molar-refractivity contribution < 1.29 is 4.84 Å². The fourth-order valence-corrected chi connectivity index (χ4v) is 4.20.